The highest BCUT2D eigenvalue weighted by atomic mass is 16.5. The minimum absolute atomic E-state index is 0.181. The lowest BCUT2D eigenvalue weighted by atomic mass is 10.1. The number of para-hydroxylation sites is 3. The molecule has 308 valence electrons. The van der Waals surface area contributed by atoms with Crippen LogP contribution in [0, 0.1) is 0 Å². The molecule has 0 saturated heterocycles. The van der Waals surface area contributed by atoms with Crippen molar-refractivity contribution in [3.63, 3.8) is 0 Å². The summed E-state index contributed by atoms with van der Waals surface area (Å²) in [6.45, 7) is 2.68. The lowest BCUT2D eigenvalue weighted by Crippen LogP contribution is -2.01. The number of allylic oxidation sites excluding steroid dienone is 3. The van der Waals surface area contributed by atoms with Crippen molar-refractivity contribution in [2.75, 3.05) is 6.54 Å². The van der Waals surface area contributed by atoms with E-state index in [1.54, 1.807) is 30.7 Å². The van der Waals surface area contributed by atoms with Gasteiger partial charge in [-0.3, -0.25) is 14.6 Å². The number of hydrogen-bond acceptors (Lipinski definition) is 10. The largest absolute Gasteiger partial charge is 0.439 e. The van der Waals surface area contributed by atoms with Gasteiger partial charge in [-0.05, 0) is 120 Å². The number of fused-ring (bicyclic) bond motifs is 4. The molecule has 0 amide bonds. The zero-order valence-electron chi connectivity index (χ0n) is 34.4. The van der Waals surface area contributed by atoms with Crippen molar-refractivity contribution in [3.8, 4) is 34.9 Å². The molecule has 11 rings (SSSR count). The highest BCUT2D eigenvalue weighted by Crippen LogP contribution is 2.32. The topological polar surface area (TPSA) is 139 Å². The first-order valence-corrected chi connectivity index (χ1v) is 20.6. The van der Waals surface area contributed by atoms with E-state index in [0.717, 1.165) is 65.2 Å². The summed E-state index contributed by atoms with van der Waals surface area (Å²) in [5.74, 6) is 4.53. The van der Waals surface area contributed by atoms with Crippen molar-refractivity contribution in [1.29, 1.82) is 0 Å². The number of nitrogens with two attached hydrogens (primary N) is 1. The van der Waals surface area contributed by atoms with Crippen LogP contribution in [0.2, 0.25) is 0 Å². The Bertz CT molecular complexity index is 2710. The molecular formula is C52H45N5O5. The molecule has 10 heteroatoms. The SMILES string of the molecule is CC1=CCc2cnc(Oc3ccccc3)cc21.NCC1=CCc2cnc(Oc3ccccc3)cc21.O=C1CCc2cnc(Oc3ccccc3)cc21.O=C1CCc2cnccc21. The van der Waals surface area contributed by atoms with Crippen LogP contribution in [0.25, 0.3) is 11.1 Å². The van der Waals surface area contributed by atoms with Gasteiger partial charge in [0.05, 0.1) is 0 Å². The maximum Gasteiger partial charge on any atom is 0.219 e. The van der Waals surface area contributed by atoms with E-state index in [2.05, 4.69) is 39.0 Å². The average molecular weight is 820 g/mol. The molecule has 0 radical (unpaired) electrons. The second kappa shape index (κ2) is 19.7. The number of pyridine rings is 4. The van der Waals surface area contributed by atoms with Crippen molar-refractivity contribution < 1.29 is 23.8 Å². The summed E-state index contributed by atoms with van der Waals surface area (Å²) in [5.41, 5.74) is 16.9. The van der Waals surface area contributed by atoms with E-state index in [4.69, 9.17) is 19.9 Å². The van der Waals surface area contributed by atoms with Gasteiger partial charge in [-0.15, -0.1) is 0 Å². The molecule has 4 heterocycles. The maximum absolute atomic E-state index is 11.6. The average Bonchev–Trinajstić information content (AvgIpc) is 4.11. The number of aryl methyl sites for hydroxylation is 2. The Morgan fingerprint density at radius 2 is 0.952 bits per heavy atom. The van der Waals surface area contributed by atoms with Crippen molar-refractivity contribution in [1.82, 2.24) is 19.9 Å². The van der Waals surface area contributed by atoms with Crippen LogP contribution in [0.3, 0.4) is 0 Å². The number of nitrogens with zero attached hydrogens (tertiary/aromatic N) is 4. The zero-order valence-corrected chi connectivity index (χ0v) is 34.4. The molecule has 0 unspecified atom stereocenters. The summed E-state index contributed by atoms with van der Waals surface area (Å²) in [5, 5.41) is 0. The van der Waals surface area contributed by atoms with Crippen LogP contribution in [-0.2, 0) is 25.7 Å². The van der Waals surface area contributed by atoms with Crippen LogP contribution in [0.1, 0.15) is 73.9 Å². The molecule has 0 atom stereocenters. The number of ketones is 2. The fraction of sp³-hybridized carbons (Fsp3) is 0.154. The predicted molar refractivity (Wildman–Crippen MR) is 240 cm³/mol. The Labute approximate surface area is 360 Å². The summed E-state index contributed by atoms with van der Waals surface area (Å²) in [7, 11) is 0. The molecule has 62 heavy (non-hydrogen) atoms. The van der Waals surface area contributed by atoms with Crippen LogP contribution in [0.5, 0.6) is 34.9 Å². The number of ether oxygens (including phenoxy) is 3. The van der Waals surface area contributed by atoms with E-state index in [9.17, 15) is 9.59 Å². The molecule has 0 spiro atoms. The highest BCUT2D eigenvalue weighted by Gasteiger charge is 2.21. The first kappa shape index (κ1) is 41.2. The lowest BCUT2D eigenvalue weighted by Gasteiger charge is -2.08. The third-order valence-electron chi connectivity index (χ3n) is 10.7. The first-order chi connectivity index (χ1) is 30.4. The quantitative estimate of drug-likeness (QED) is 0.165. The summed E-state index contributed by atoms with van der Waals surface area (Å²) in [6, 6.07) is 36.3. The van der Waals surface area contributed by atoms with Crippen molar-refractivity contribution >= 4 is 22.7 Å². The van der Waals surface area contributed by atoms with Crippen LogP contribution in [0.4, 0.5) is 0 Å². The molecule has 0 fully saturated rings. The number of aromatic nitrogens is 4. The second-order valence-corrected chi connectivity index (χ2v) is 14.9. The third-order valence-corrected chi connectivity index (χ3v) is 10.7. The Morgan fingerprint density at radius 1 is 0.500 bits per heavy atom. The summed E-state index contributed by atoms with van der Waals surface area (Å²) < 4.78 is 17.0. The van der Waals surface area contributed by atoms with E-state index in [0.29, 0.717) is 37.0 Å². The third kappa shape index (κ3) is 10.2. The maximum atomic E-state index is 11.6. The second-order valence-electron chi connectivity index (χ2n) is 14.9. The van der Waals surface area contributed by atoms with Gasteiger partial charge in [0.25, 0.3) is 0 Å². The minimum Gasteiger partial charge on any atom is -0.439 e. The van der Waals surface area contributed by atoms with Gasteiger partial charge in [0, 0.05) is 79.7 Å². The van der Waals surface area contributed by atoms with Gasteiger partial charge < -0.3 is 19.9 Å². The molecular weight excluding hydrogens is 775 g/mol. The fourth-order valence-corrected chi connectivity index (χ4v) is 7.41. The standard InChI is InChI=1S/C15H14N2O.C15H13NO.C14H11NO2.C8H7NO/c16-9-11-6-7-12-10-17-15(8-14(11)12)18-13-4-2-1-3-5-13;1-11-7-8-12-10-16-15(9-14(11)12)17-13-5-3-2-4-6-13;16-13-7-6-10-9-15-14(8-12(10)13)17-11-4-2-1-3-5-11;10-8-2-1-6-5-9-4-3-7(6)8/h1-6,8,10H,7,9,16H2;2-7,9-10H,8H2,1H3;1-5,8-9H,6-7H2;3-5H,1-2H2. The Hall–Kier alpha value is -7.56. The van der Waals surface area contributed by atoms with Gasteiger partial charge in [-0.25, -0.2) is 15.0 Å². The summed E-state index contributed by atoms with van der Waals surface area (Å²) >= 11 is 0. The van der Waals surface area contributed by atoms with Gasteiger partial charge >= 0.3 is 0 Å². The van der Waals surface area contributed by atoms with E-state index < -0.39 is 0 Å². The highest BCUT2D eigenvalue weighted by molar-refractivity contribution is 6.00. The zero-order chi connectivity index (χ0) is 42.7. The summed E-state index contributed by atoms with van der Waals surface area (Å²) in [6.07, 6.45) is 18.2. The molecule has 4 aliphatic rings. The molecule has 2 N–H and O–H groups in total. The van der Waals surface area contributed by atoms with E-state index in [1.807, 2.05) is 116 Å². The van der Waals surface area contributed by atoms with Crippen LogP contribution in [0.15, 0.2) is 158 Å². The Morgan fingerprint density at radius 3 is 1.48 bits per heavy atom. The van der Waals surface area contributed by atoms with E-state index >= 15 is 0 Å². The smallest absolute Gasteiger partial charge is 0.219 e. The molecule has 4 aromatic heterocycles. The summed E-state index contributed by atoms with van der Waals surface area (Å²) in [4.78, 5) is 39.4. The molecule has 4 aliphatic carbocycles. The van der Waals surface area contributed by atoms with Gasteiger partial charge in [-0.2, -0.15) is 0 Å². The lowest BCUT2D eigenvalue weighted by molar-refractivity contribution is 0.0986. The van der Waals surface area contributed by atoms with Gasteiger partial charge in [-0.1, -0.05) is 66.7 Å². The molecule has 0 aliphatic heterocycles. The van der Waals surface area contributed by atoms with Crippen molar-refractivity contribution in [2.24, 2.45) is 5.73 Å². The molecule has 10 nitrogen and oxygen atoms in total. The number of Topliss-reactive ketones (excluding diaryl/α,β-unsaturated/α-hetero) is 2. The number of benzene rings is 3. The van der Waals surface area contributed by atoms with Gasteiger partial charge in [0.15, 0.2) is 11.6 Å². The number of carbonyl (C=O) groups excluding carboxylic acids is 2. The van der Waals surface area contributed by atoms with Crippen molar-refractivity contribution in [3.05, 3.63) is 203 Å². The predicted octanol–water partition coefficient (Wildman–Crippen LogP) is 10.8. The van der Waals surface area contributed by atoms with E-state index in [-0.39, 0.29) is 11.6 Å². The molecule has 7 aromatic rings. The molecule has 0 saturated carbocycles. The van der Waals surface area contributed by atoms with E-state index in [1.165, 1.54) is 33.4 Å². The van der Waals surface area contributed by atoms with Gasteiger partial charge in [0.1, 0.15) is 17.2 Å². The monoisotopic (exact) mass is 819 g/mol. The fourth-order valence-electron chi connectivity index (χ4n) is 7.41. The first-order valence-electron chi connectivity index (χ1n) is 20.6. The van der Waals surface area contributed by atoms with Gasteiger partial charge in [0.2, 0.25) is 17.6 Å². The van der Waals surface area contributed by atoms with Crippen molar-refractivity contribution in [2.45, 2.75) is 45.4 Å². The molecule has 3 aromatic carbocycles. The Kier molecular flexibility index (Phi) is 13.1. The van der Waals surface area contributed by atoms with Crippen LogP contribution < -0.4 is 19.9 Å². The normalized spacial score (nSPS) is 13.6. The molecule has 0 bridgehead atoms. The number of hydrogen-bond donors (Lipinski definition) is 1. The number of carbonyl (C=O) groups is 2. The van der Waals surface area contributed by atoms with Crippen LogP contribution >= 0.6 is 0 Å². The van der Waals surface area contributed by atoms with Crippen LogP contribution in [-0.4, -0.2) is 38.0 Å². The number of rotatable bonds is 7. The Balaban J connectivity index is 0.000000116. The minimum atomic E-state index is 0.181.